The van der Waals surface area contributed by atoms with E-state index in [1.54, 1.807) is 11.8 Å². The second-order valence-electron chi connectivity index (χ2n) is 4.25. The Labute approximate surface area is 105 Å². The summed E-state index contributed by atoms with van der Waals surface area (Å²) in [5.41, 5.74) is 0.983. The molecule has 0 radical (unpaired) electrons. The van der Waals surface area contributed by atoms with Crippen LogP contribution in [0, 0.1) is 0 Å². The molecule has 0 spiro atoms. The summed E-state index contributed by atoms with van der Waals surface area (Å²) < 4.78 is 10.0. The molecule has 0 unspecified atom stereocenters. The number of thioether (sulfide) groups is 1. The molecule has 1 saturated heterocycles. The maximum Gasteiger partial charge on any atom is 0.306 e. The van der Waals surface area contributed by atoms with Gasteiger partial charge in [-0.3, -0.25) is 4.79 Å². The number of esters is 1. The number of hydrogen-bond acceptors (Lipinski definition) is 4. The van der Waals surface area contributed by atoms with Crippen LogP contribution in [-0.2, 0) is 19.7 Å². The second kappa shape index (κ2) is 5.10. The van der Waals surface area contributed by atoms with Gasteiger partial charge in [0, 0.05) is 4.90 Å². The van der Waals surface area contributed by atoms with E-state index in [2.05, 4.69) is 24.3 Å². The highest BCUT2D eigenvalue weighted by Gasteiger charge is 2.42. The first-order valence-corrected chi connectivity index (χ1v) is 6.72. The van der Waals surface area contributed by atoms with Crippen LogP contribution in [-0.4, -0.2) is 32.5 Å². The SMILES string of the molecule is COC(=O)CC1(c2ccc(SC)cc2)COC1. The molecular weight excluding hydrogens is 236 g/mol. The molecule has 1 fully saturated rings. The van der Waals surface area contributed by atoms with Crippen molar-refractivity contribution >= 4 is 17.7 Å². The molecule has 0 aromatic heterocycles. The lowest BCUT2D eigenvalue weighted by Crippen LogP contribution is -2.48. The quantitative estimate of drug-likeness (QED) is 0.608. The van der Waals surface area contributed by atoms with Gasteiger partial charge in [-0.05, 0) is 24.0 Å². The molecule has 92 valence electrons. The monoisotopic (exact) mass is 252 g/mol. The third kappa shape index (κ3) is 2.48. The molecule has 1 aliphatic rings. The van der Waals surface area contributed by atoms with Gasteiger partial charge in [0.2, 0.25) is 0 Å². The van der Waals surface area contributed by atoms with Gasteiger partial charge in [0.1, 0.15) is 0 Å². The van der Waals surface area contributed by atoms with Gasteiger partial charge >= 0.3 is 5.97 Å². The van der Waals surface area contributed by atoms with E-state index in [0.717, 1.165) is 5.56 Å². The summed E-state index contributed by atoms with van der Waals surface area (Å²) in [4.78, 5) is 12.7. The topological polar surface area (TPSA) is 35.5 Å². The zero-order chi connectivity index (χ0) is 12.3. The Kier molecular flexibility index (Phi) is 3.74. The van der Waals surface area contributed by atoms with E-state index < -0.39 is 0 Å². The highest BCUT2D eigenvalue weighted by atomic mass is 32.2. The Morgan fingerprint density at radius 2 is 2.06 bits per heavy atom. The fourth-order valence-electron chi connectivity index (χ4n) is 2.01. The smallest absolute Gasteiger partial charge is 0.306 e. The first kappa shape index (κ1) is 12.5. The van der Waals surface area contributed by atoms with Crippen LogP contribution in [0.1, 0.15) is 12.0 Å². The van der Waals surface area contributed by atoms with Crippen molar-refractivity contribution in [3.63, 3.8) is 0 Å². The predicted octanol–water partition coefficient (Wildman–Crippen LogP) is 2.24. The van der Waals surface area contributed by atoms with Crippen LogP contribution >= 0.6 is 11.8 Å². The lowest BCUT2D eigenvalue weighted by Gasteiger charge is -2.41. The van der Waals surface area contributed by atoms with Gasteiger partial charge < -0.3 is 9.47 Å². The lowest BCUT2D eigenvalue weighted by molar-refractivity contribution is -0.148. The molecule has 0 atom stereocenters. The minimum atomic E-state index is -0.178. The summed E-state index contributed by atoms with van der Waals surface area (Å²) in [5.74, 6) is -0.178. The van der Waals surface area contributed by atoms with Crippen molar-refractivity contribution in [1.82, 2.24) is 0 Å². The lowest BCUT2D eigenvalue weighted by atomic mass is 9.76. The summed E-state index contributed by atoms with van der Waals surface area (Å²) in [6.45, 7) is 1.20. The van der Waals surface area contributed by atoms with Crippen LogP contribution in [0.2, 0.25) is 0 Å². The van der Waals surface area contributed by atoms with Crippen molar-refractivity contribution in [3.8, 4) is 0 Å². The van der Waals surface area contributed by atoms with Crippen molar-refractivity contribution < 1.29 is 14.3 Å². The molecule has 17 heavy (non-hydrogen) atoms. The van der Waals surface area contributed by atoms with E-state index in [1.807, 2.05) is 6.26 Å². The van der Waals surface area contributed by atoms with E-state index >= 15 is 0 Å². The van der Waals surface area contributed by atoms with E-state index in [4.69, 9.17) is 9.47 Å². The highest BCUT2D eigenvalue weighted by Crippen LogP contribution is 2.36. The fourth-order valence-corrected chi connectivity index (χ4v) is 2.42. The highest BCUT2D eigenvalue weighted by molar-refractivity contribution is 7.98. The molecule has 0 N–H and O–H groups in total. The van der Waals surface area contributed by atoms with Crippen LogP contribution in [0.3, 0.4) is 0 Å². The van der Waals surface area contributed by atoms with Gasteiger partial charge in [0.05, 0.1) is 32.2 Å². The molecule has 1 aromatic carbocycles. The van der Waals surface area contributed by atoms with Gasteiger partial charge in [0.25, 0.3) is 0 Å². The van der Waals surface area contributed by atoms with Crippen molar-refractivity contribution in [2.75, 3.05) is 26.6 Å². The van der Waals surface area contributed by atoms with Crippen LogP contribution in [0.25, 0.3) is 0 Å². The van der Waals surface area contributed by atoms with E-state index in [9.17, 15) is 4.79 Å². The molecule has 1 aromatic rings. The van der Waals surface area contributed by atoms with Gasteiger partial charge in [0.15, 0.2) is 0 Å². The largest absolute Gasteiger partial charge is 0.469 e. The third-order valence-corrected chi connectivity index (χ3v) is 3.91. The molecule has 1 aliphatic heterocycles. The van der Waals surface area contributed by atoms with Gasteiger partial charge in [-0.15, -0.1) is 11.8 Å². The summed E-state index contributed by atoms with van der Waals surface area (Å²) in [5, 5.41) is 0. The van der Waals surface area contributed by atoms with E-state index in [0.29, 0.717) is 19.6 Å². The fraction of sp³-hybridized carbons (Fsp3) is 0.462. The van der Waals surface area contributed by atoms with E-state index in [1.165, 1.54) is 12.0 Å². The minimum absolute atomic E-state index is 0.177. The van der Waals surface area contributed by atoms with Gasteiger partial charge in [-0.1, -0.05) is 12.1 Å². The molecule has 3 nitrogen and oxygen atoms in total. The Morgan fingerprint density at radius 3 is 2.47 bits per heavy atom. The number of carbonyl (C=O) groups is 1. The van der Waals surface area contributed by atoms with Crippen molar-refractivity contribution in [2.24, 2.45) is 0 Å². The van der Waals surface area contributed by atoms with Crippen LogP contribution < -0.4 is 0 Å². The molecule has 0 bridgehead atoms. The Morgan fingerprint density at radius 1 is 1.41 bits per heavy atom. The summed E-state index contributed by atoms with van der Waals surface area (Å²) in [6.07, 6.45) is 2.44. The van der Waals surface area contributed by atoms with Gasteiger partial charge in [-0.2, -0.15) is 0 Å². The summed E-state index contributed by atoms with van der Waals surface area (Å²) in [6, 6.07) is 8.32. The number of ether oxygens (including phenoxy) is 2. The first-order chi connectivity index (χ1) is 8.20. The first-order valence-electron chi connectivity index (χ1n) is 5.49. The zero-order valence-corrected chi connectivity index (χ0v) is 10.9. The van der Waals surface area contributed by atoms with Gasteiger partial charge in [-0.25, -0.2) is 0 Å². The maximum absolute atomic E-state index is 11.4. The average molecular weight is 252 g/mol. The summed E-state index contributed by atoms with van der Waals surface area (Å²) >= 11 is 1.71. The maximum atomic E-state index is 11.4. The standard InChI is InChI=1S/C13H16O3S/c1-15-12(14)7-13(8-16-9-13)10-3-5-11(17-2)6-4-10/h3-6H,7-9H2,1-2H3. The van der Waals surface area contributed by atoms with Crippen LogP contribution in [0.5, 0.6) is 0 Å². The van der Waals surface area contributed by atoms with Crippen LogP contribution in [0.15, 0.2) is 29.2 Å². The number of rotatable bonds is 4. The van der Waals surface area contributed by atoms with Crippen molar-refractivity contribution in [3.05, 3.63) is 29.8 Å². The number of methoxy groups -OCH3 is 1. The molecule has 4 heteroatoms. The normalized spacial score (nSPS) is 17.3. The Bertz CT molecular complexity index is 396. The molecular formula is C13H16O3S. The second-order valence-corrected chi connectivity index (χ2v) is 5.13. The zero-order valence-electron chi connectivity index (χ0n) is 10.1. The molecule has 1 heterocycles. The minimum Gasteiger partial charge on any atom is -0.469 e. The number of hydrogen-bond donors (Lipinski definition) is 0. The Balaban J connectivity index is 2.19. The molecule has 0 saturated carbocycles. The third-order valence-electron chi connectivity index (χ3n) is 3.17. The molecule has 0 amide bonds. The number of carbonyl (C=O) groups excluding carboxylic acids is 1. The Hall–Kier alpha value is -1.00. The van der Waals surface area contributed by atoms with Crippen molar-refractivity contribution in [2.45, 2.75) is 16.7 Å². The molecule has 0 aliphatic carbocycles. The van der Waals surface area contributed by atoms with Crippen LogP contribution in [0.4, 0.5) is 0 Å². The average Bonchev–Trinajstić information content (AvgIpc) is 2.33. The predicted molar refractivity (Wildman–Crippen MR) is 67.4 cm³/mol. The number of benzene rings is 1. The van der Waals surface area contributed by atoms with E-state index in [-0.39, 0.29) is 11.4 Å². The summed E-state index contributed by atoms with van der Waals surface area (Å²) in [7, 11) is 1.42. The van der Waals surface area contributed by atoms with Crippen molar-refractivity contribution in [1.29, 1.82) is 0 Å². The molecule has 2 rings (SSSR count).